The molecule has 0 saturated heterocycles. The number of hydrogen-bond donors (Lipinski definition) is 2. The Labute approximate surface area is 122 Å². The molecule has 0 spiro atoms. The summed E-state index contributed by atoms with van der Waals surface area (Å²) in [5.41, 5.74) is 7.83. The van der Waals surface area contributed by atoms with Gasteiger partial charge in [-0.05, 0) is 37.3 Å². The van der Waals surface area contributed by atoms with E-state index < -0.39 is 5.41 Å². The van der Waals surface area contributed by atoms with Crippen molar-refractivity contribution in [1.82, 2.24) is 5.32 Å². The minimum atomic E-state index is -0.433. The van der Waals surface area contributed by atoms with E-state index in [9.17, 15) is 4.79 Å². The molecule has 1 rings (SSSR count). The summed E-state index contributed by atoms with van der Waals surface area (Å²) in [6, 6.07) is 8.43. The SMILES string of the molecule is CCc1ccc(C(C)NC(=O)C(CC)(CC)CN)cc1. The molecule has 1 amide bonds. The Morgan fingerprint density at radius 3 is 2.15 bits per heavy atom. The first-order chi connectivity index (χ1) is 9.52. The molecule has 112 valence electrons. The third kappa shape index (κ3) is 3.60. The van der Waals surface area contributed by atoms with Crippen molar-refractivity contribution in [3.8, 4) is 0 Å². The molecule has 1 aromatic carbocycles. The van der Waals surface area contributed by atoms with Gasteiger partial charge >= 0.3 is 0 Å². The second-order valence-corrected chi connectivity index (χ2v) is 5.48. The van der Waals surface area contributed by atoms with Gasteiger partial charge in [0, 0.05) is 6.54 Å². The van der Waals surface area contributed by atoms with E-state index >= 15 is 0 Å². The third-order valence-corrected chi connectivity index (χ3v) is 4.46. The molecule has 0 aliphatic heterocycles. The van der Waals surface area contributed by atoms with E-state index in [2.05, 4.69) is 36.5 Å². The van der Waals surface area contributed by atoms with Gasteiger partial charge in [-0.15, -0.1) is 0 Å². The molecule has 3 nitrogen and oxygen atoms in total. The number of carbonyl (C=O) groups excluding carboxylic acids is 1. The summed E-state index contributed by atoms with van der Waals surface area (Å²) in [6.45, 7) is 8.60. The lowest BCUT2D eigenvalue weighted by atomic mass is 9.81. The lowest BCUT2D eigenvalue weighted by Gasteiger charge is -2.30. The van der Waals surface area contributed by atoms with E-state index in [4.69, 9.17) is 5.73 Å². The molecule has 1 atom stereocenters. The highest BCUT2D eigenvalue weighted by Gasteiger charge is 2.33. The summed E-state index contributed by atoms with van der Waals surface area (Å²) in [6.07, 6.45) is 2.57. The molecule has 0 heterocycles. The van der Waals surface area contributed by atoms with Crippen molar-refractivity contribution < 1.29 is 4.79 Å². The van der Waals surface area contributed by atoms with Gasteiger partial charge in [0.05, 0.1) is 11.5 Å². The van der Waals surface area contributed by atoms with Gasteiger partial charge < -0.3 is 11.1 Å². The standard InChI is InChI=1S/C17H28N2O/c1-5-14-8-10-15(11-9-14)13(4)19-16(20)17(6-2,7-3)12-18/h8-11,13H,5-7,12,18H2,1-4H3,(H,19,20). The molecule has 0 aliphatic carbocycles. The van der Waals surface area contributed by atoms with Gasteiger partial charge in [0.1, 0.15) is 0 Å². The average molecular weight is 276 g/mol. The summed E-state index contributed by atoms with van der Waals surface area (Å²) < 4.78 is 0. The summed E-state index contributed by atoms with van der Waals surface area (Å²) in [5, 5.41) is 3.11. The fourth-order valence-corrected chi connectivity index (χ4v) is 2.43. The Hall–Kier alpha value is -1.35. The van der Waals surface area contributed by atoms with Crippen molar-refractivity contribution in [2.45, 2.75) is 53.0 Å². The van der Waals surface area contributed by atoms with Crippen LogP contribution in [0.15, 0.2) is 24.3 Å². The van der Waals surface area contributed by atoms with Crippen molar-refractivity contribution in [1.29, 1.82) is 0 Å². The zero-order valence-electron chi connectivity index (χ0n) is 13.2. The van der Waals surface area contributed by atoms with E-state index in [-0.39, 0.29) is 11.9 Å². The highest BCUT2D eigenvalue weighted by atomic mass is 16.2. The molecule has 0 aliphatic rings. The van der Waals surface area contributed by atoms with Crippen molar-refractivity contribution in [2.75, 3.05) is 6.54 Å². The highest BCUT2D eigenvalue weighted by molar-refractivity contribution is 5.83. The van der Waals surface area contributed by atoms with Crippen LogP contribution in [0.1, 0.15) is 57.7 Å². The van der Waals surface area contributed by atoms with Gasteiger partial charge in [-0.2, -0.15) is 0 Å². The first kappa shape index (κ1) is 16.7. The summed E-state index contributed by atoms with van der Waals surface area (Å²) in [4.78, 5) is 12.5. The zero-order valence-corrected chi connectivity index (χ0v) is 13.2. The number of aryl methyl sites for hydroxylation is 1. The van der Waals surface area contributed by atoms with Gasteiger partial charge in [-0.25, -0.2) is 0 Å². The molecular weight excluding hydrogens is 248 g/mol. The Balaban J connectivity index is 2.78. The van der Waals surface area contributed by atoms with E-state index in [1.165, 1.54) is 5.56 Å². The van der Waals surface area contributed by atoms with E-state index in [0.29, 0.717) is 6.54 Å². The van der Waals surface area contributed by atoms with Gasteiger partial charge in [0.15, 0.2) is 0 Å². The van der Waals surface area contributed by atoms with Crippen molar-refractivity contribution in [3.05, 3.63) is 35.4 Å². The lowest BCUT2D eigenvalue weighted by Crippen LogP contribution is -2.46. The number of carbonyl (C=O) groups is 1. The van der Waals surface area contributed by atoms with Crippen molar-refractivity contribution in [2.24, 2.45) is 11.1 Å². The van der Waals surface area contributed by atoms with Crippen LogP contribution >= 0.6 is 0 Å². The molecule has 3 N–H and O–H groups in total. The maximum Gasteiger partial charge on any atom is 0.227 e. The van der Waals surface area contributed by atoms with Gasteiger partial charge in [-0.3, -0.25) is 4.79 Å². The summed E-state index contributed by atoms with van der Waals surface area (Å²) in [5.74, 6) is 0.0667. The van der Waals surface area contributed by atoms with Crippen LogP contribution in [0.4, 0.5) is 0 Å². The predicted octanol–water partition coefficient (Wildman–Crippen LogP) is 3.19. The fraction of sp³-hybridized carbons (Fsp3) is 0.588. The first-order valence-corrected chi connectivity index (χ1v) is 7.62. The van der Waals surface area contributed by atoms with Gasteiger partial charge in [-0.1, -0.05) is 45.0 Å². The van der Waals surface area contributed by atoms with Crippen LogP contribution in [0.2, 0.25) is 0 Å². The highest BCUT2D eigenvalue weighted by Crippen LogP contribution is 2.26. The Kier molecular flexibility index (Phi) is 6.21. The minimum absolute atomic E-state index is 0.0115. The Morgan fingerprint density at radius 1 is 1.20 bits per heavy atom. The molecular formula is C17H28N2O. The number of hydrogen-bond acceptors (Lipinski definition) is 2. The molecule has 0 radical (unpaired) electrons. The molecule has 0 bridgehead atoms. The maximum absolute atomic E-state index is 12.5. The molecule has 1 aromatic rings. The lowest BCUT2D eigenvalue weighted by molar-refractivity contribution is -0.131. The first-order valence-electron chi connectivity index (χ1n) is 7.62. The topological polar surface area (TPSA) is 55.1 Å². The van der Waals surface area contributed by atoms with Gasteiger partial charge in [0.2, 0.25) is 5.91 Å². The second kappa shape index (κ2) is 7.44. The minimum Gasteiger partial charge on any atom is -0.349 e. The quantitative estimate of drug-likeness (QED) is 0.803. The van der Waals surface area contributed by atoms with Crippen LogP contribution < -0.4 is 11.1 Å². The van der Waals surface area contributed by atoms with Crippen molar-refractivity contribution >= 4 is 5.91 Å². The van der Waals surface area contributed by atoms with Crippen LogP contribution in [0.3, 0.4) is 0 Å². The van der Waals surface area contributed by atoms with E-state index in [0.717, 1.165) is 24.8 Å². The van der Waals surface area contributed by atoms with Crippen LogP contribution in [-0.4, -0.2) is 12.5 Å². The van der Waals surface area contributed by atoms with Crippen LogP contribution in [0, 0.1) is 5.41 Å². The number of benzene rings is 1. The largest absolute Gasteiger partial charge is 0.349 e. The Bertz CT molecular complexity index is 413. The zero-order chi connectivity index (χ0) is 15.2. The summed E-state index contributed by atoms with van der Waals surface area (Å²) in [7, 11) is 0. The molecule has 0 saturated carbocycles. The molecule has 0 aromatic heterocycles. The number of amides is 1. The van der Waals surface area contributed by atoms with Crippen LogP contribution in [0.5, 0.6) is 0 Å². The van der Waals surface area contributed by atoms with E-state index in [1.54, 1.807) is 0 Å². The molecule has 20 heavy (non-hydrogen) atoms. The third-order valence-electron chi connectivity index (χ3n) is 4.46. The van der Waals surface area contributed by atoms with Crippen molar-refractivity contribution in [3.63, 3.8) is 0 Å². The summed E-state index contributed by atoms with van der Waals surface area (Å²) >= 11 is 0. The average Bonchev–Trinajstić information content (AvgIpc) is 2.49. The number of nitrogens with two attached hydrogens (primary N) is 1. The number of nitrogens with one attached hydrogen (secondary N) is 1. The number of rotatable bonds is 7. The van der Waals surface area contributed by atoms with E-state index in [1.807, 2.05) is 20.8 Å². The predicted molar refractivity (Wildman–Crippen MR) is 84.4 cm³/mol. The molecule has 0 fully saturated rings. The van der Waals surface area contributed by atoms with Crippen LogP contribution in [-0.2, 0) is 11.2 Å². The molecule has 3 heteroatoms. The van der Waals surface area contributed by atoms with Gasteiger partial charge in [0.25, 0.3) is 0 Å². The normalized spacial score (nSPS) is 13.1. The molecule has 1 unspecified atom stereocenters. The smallest absolute Gasteiger partial charge is 0.227 e. The monoisotopic (exact) mass is 276 g/mol. The second-order valence-electron chi connectivity index (χ2n) is 5.48. The fourth-order valence-electron chi connectivity index (χ4n) is 2.43. The van der Waals surface area contributed by atoms with Crippen LogP contribution in [0.25, 0.3) is 0 Å². The Morgan fingerprint density at radius 2 is 1.75 bits per heavy atom. The maximum atomic E-state index is 12.5.